The Bertz CT molecular complexity index is 256. The first-order chi connectivity index (χ1) is 9.44. The summed E-state index contributed by atoms with van der Waals surface area (Å²) < 4.78 is 0. The van der Waals surface area contributed by atoms with E-state index in [1.807, 2.05) is 0 Å². The summed E-state index contributed by atoms with van der Waals surface area (Å²) in [5.74, 6) is 10.7. The molecule has 0 radical (unpaired) electrons. The van der Waals surface area contributed by atoms with E-state index in [2.05, 4.69) is 54.8 Å². The van der Waals surface area contributed by atoms with Crippen LogP contribution in [0.1, 0.15) is 47.0 Å². The number of hydrogen-bond donors (Lipinski definition) is 5. The third-order valence-electron chi connectivity index (χ3n) is 2.89. The molecule has 0 aliphatic rings. The predicted octanol–water partition coefficient (Wildman–Crippen LogP) is -3.72. The SMILES string of the molecule is C.C=C(N(C)CCCC)N(C)CCCC.NNC(N)=[NH+]N.[Cl-]. The van der Waals surface area contributed by atoms with Crippen LogP contribution in [0, 0.1) is 0 Å². The maximum absolute atomic E-state index is 4.92. The minimum Gasteiger partial charge on any atom is -1.00 e. The second-order valence-electron chi connectivity index (χ2n) is 4.67. The van der Waals surface area contributed by atoms with Gasteiger partial charge in [0.2, 0.25) is 0 Å². The zero-order valence-electron chi connectivity index (χ0n) is 14.0. The summed E-state index contributed by atoms with van der Waals surface area (Å²) in [5.41, 5.74) is 6.99. The summed E-state index contributed by atoms with van der Waals surface area (Å²) in [4.78, 5) is 4.50. The molecule has 0 atom stereocenters. The lowest BCUT2D eigenvalue weighted by Crippen LogP contribution is -3.00. The number of hydrazine groups is 2. The number of nitrogens with zero attached hydrogens (tertiary/aromatic N) is 2. The highest BCUT2D eigenvalue weighted by Crippen LogP contribution is 2.06. The molecule has 0 aromatic heterocycles. The van der Waals surface area contributed by atoms with E-state index in [0.29, 0.717) is 0 Å². The number of halogens is 1. The monoisotopic (exact) mass is 339 g/mol. The van der Waals surface area contributed by atoms with Gasteiger partial charge in [-0.3, -0.25) is 11.6 Å². The van der Waals surface area contributed by atoms with Crippen LogP contribution in [0.5, 0.6) is 0 Å². The molecule has 0 saturated heterocycles. The summed E-state index contributed by atoms with van der Waals surface area (Å²) in [5, 5.41) is 2.07. The van der Waals surface area contributed by atoms with Crippen LogP contribution in [0.25, 0.3) is 0 Å². The van der Waals surface area contributed by atoms with Gasteiger partial charge in [-0.15, -0.1) is 0 Å². The molecule has 22 heavy (non-hydrogen) atoms. The van der Waals surface area contributed by atoms with E-state index in [0.717, 1.165) is 18.9 Å². The Kier molecular flexibility index (Phi) is 25.7. The number of hydrogen-bond acceptors (Lipinski definition) is 4. The van der Waals surface area contributed by atoms with Crippen molar-refractivity contribution in [3.63, 3.8) is 0 Å². The highest BCUT2D eigenvalue weighted by molar-refractivity contribution is 5.70. The van der Waals surface area contributed by atoms with Gasteiger partial charge in [-0.25, -0.2) is 5.43 Å². The number of unbranched alkanes of at least 4 members (excludes halogenated alkanes) is 2. The Balaban J connectivity index is -0.000000174. The number of rotatable bonds is 8. The van der Waals surface area contributed by atoms with Crippen molar-refractivity contribution in [3.05, 3.63) is 12.4 Å². The molecule has 8 heteroatoms. The predicted molar refractivity (Wildman–Crippen MR) is 92.6 cm³/mol. The second-order valence-corrected chi connectivity index (χ2v) is 4.67. The molecule has 0 fully saturated rings. The molecule has 0 aromatic carbocycles. The van der Waals surface area contributed by atoms with E-state index >= 15 is 0 Å². The van der Waals surface area contributed by atoms with E-state index < -0.39 is 0 Å². The molecule has 0 saturated carbocycles. The van der Waals surface area contributed by atoms with Gasteiger partial charge in [-0.2, -0.15) is 10.9 Å². The van der Waals surface area contributed by atoms with Crippen molar-refractivity contribution in [3.8, 4) is 0 Å². The normalized spacial score (nSPS) is 9.41. The highest BCUT2D eigenvalue weighted by atomic mass is 35.5. The van der Waals surface area contributed by atoms with Gasteiger partial charge in [0.15, 0.2) is 0 Å². The number of hydrazone groups is 1. The Hall–Kier alpha value is -1.34. The summed E-state index contributed by atoms with van der Waals surface area (Å²) in [6.45, 7) is 10.8. The number of nitrogens with one attached hydrogen (secondary N) is 2. The quantitative estimate of drug-likeness (QED) is 0.135. The standard InChI is InChI=1S/C12H26N2.CH7N5.CH4.ClH/c1-6-8-10-13(4)12(3)14(5)11-9-7-2;2-1(5-3)6-4;;/h3,6-11H2,1-2,4-5H3;3-4H2,(H3,2,5,6);1H4;1H. The topological polar surface area (TPSA) is 111 Å². The summed E-state index contributed by atoms with van der Waals surface area (Å²) in [7, 11) is 4.25. The third kappa shape index (κ3) is 16.7. The molecule has 0 aliphatic heterocycles. The van der Waals surface area contributed by atoms with Crippen LogP contribution >= 0.6 is 0 Å². The van der Waals surface area contributed by atoms with Crippen LogP contribution in [-0.2, 0) is 0 Å². The lowest BCUT2D eigenvalue weighted by Gasteiger charge is -2.30. The largest absolute Gasteiger partial charge is 1.00 e. The van der Waals surface area contributed by atoms with Crippen LogP contribution in [0.4, 0.5) is 0 Å². The lowest BCUT2D eigenvalue weighted by molar-refractivity contribution is -0.472. The molecule has 7 nitrogen and oxygen atoms in total. The van der Waals surface area contributed by atoms with E-state index in [-0.39, 0.29) is 25.8 Å². The van der Waals surface area contributed by atoms with Crippen molar-refractivity contribution in [1.82, 2.24) is 15.2 Å². The van der Waals surface area contributed by atoms with Gasteiger partial charge in [0, 0.05) is 27.2 Å². The molecule has 0 aromatic rings. The van der Waals surface area contributed by atoms with Crippen LogP contribution in [0.3, 0.4) is 0 Å². The molecule has 0 bridgehead atoms. The molecule has 0 spiro atoms. The minimum absolute atomic E-state index is 0. The fourth-order valence-electron chi connectivity index (χ4n) is 1.38. The Morgan fingerprint density at radius 2 is 1.45 bits per heavy atom. The first-order valence-corrected chi connectivity index (χ1v) is 7.11. The maximum atomic E-state index is 4.92. The second kappa shape index (κ2) is 19.7. The van der Waals surface area contributed by atoms with Gasteiger partial charge in [0.25, 0.3) is 0 Å². The van der Waals surface area contributed by atoms with Gasteiger partial charge >= 0.3 is 5.96 Å². The Morgan fingerprint density at radius 3 is 1.64 bits per heavy atom. The van der Waals surface area contributed by atoms with E-state index in [4.69, 9.17) is 17.4 Å². The van der Waals surface area contributed by atoms with E-state index in [1.54, 1.807) is 0 Å². The van der Waals surface area contributed by atoms with Crippen molar-refractivity contribution < 1.29 is 17.5 Å². The van der Waals surface area contributed by atoms with Crippen molar-refractivity contribution in [1.29, 1.82) is 0 Å². The first kappa shape index (κ1) is 28.8. The van der Waals surface area contributed by atoms with Gasteiger partial charge in [0.05, 0.1) is 5.82 Å². The fraction of sp³-hybridized carbons (Fsp3) is 0.786. The molecule has 0 amide bonds. The molecule has 0 aliphatic carbocycles. The first-order valence-electron chi connectivity index (χ1n) is 7.11. The average molecular weight is 340 g/mol. The molecular formula is C14H38ClN7. The summed E-state index contributed by atoms with van der Waals surface area (Å²) in [6.07, 6.45) is 4.99. The van der Waals surface area contributed by atoms with Crippen LogP contribution in [0.15, 0.2) is 12.4 Å². The highest BCUT2D eigenvalue weighted by Gasteiger charge is 2.05. The van der Waals surface area contributed by atoms with E-state index in [9.17, 15) is 0 Å². The van der Waals surface area contributed by atoms with Crippen molar-refractivity contribution >= 4 is 5.96 Å². The summed E-state index contributed by atoms with van der Waals surface area (Å²) >= 11 is 0. The average Bonchev–Trinajstić information content (AvgIpc) is 2.48. The molecular weight excluding hydrogens is 302 g/mol. The molecule has 136 valence electrons. The molecule has 0 rings (SSSR count). The molecule has 0 unspecified atom stereocenters. The van der Waals surface area contributed by atoms with Gasteiger partial charge in [-0.05, 0) is 12.8 Å². The minimum atomic E-state index is 0. The number of guanidine groups is 1. The zero-order valence-corrected chi connectivity index (χ0v) is 14.7. The van der Waals surface area contributed by atoms with Gasteiger partial charge in [-0.1, -0.05) is 40.7 Å². The number of nitrogens with two attached hydrogens (primary N) is 3. The third-order valence-corrected chi connectivity index (χ3v) is 2.89. The van der Waals surface area contributed by atoms with Gasteiger partial charge < -0.3 is 22.2 Å². The summed E-state index contributed by atoms with van der Waals surface area (Å²) in [6, 6.07) is 0. The van der Waals surface area contributed by atoms with Gasteiger partial charge in [0.1, 0.15) is 0 Å². The Morgan fingerprint density at radius 1 is 1.09 bits per heavy atom. The lowest BCUT2D eigenvalue weighted by atomic mass is 10.3. The Labute approximate surface area is 143 Å². The van der Waals surface area contributed by atoms with E-state index in [1.165, 1.54) is 25.7 Å². The van der Waals surface area contributed by atoms with Crippen LogP contribution < -0.4 is 40.4 Å². The van der Waals surface area contributed by atoms with Crippen molar-refractivity contribution in [2.75, 3.05) is 27.2 Å². The van der Waals surface area contributed by atoms with Crippen LogP contribution in [0.2, 0.25) is 0 Å². The molecule has 8 N–H and O–H groups in total. The maximum Gasteiger partial charge on any atom is 0.379 e. The molecule has 0 heterocycles. The van der Waals surface area contributed by atoms with Crippen molar-refractivity contribution in [2.45, 2.75) is 47.0 Å². The fourth-order valence-corrected chi connectivity index (χ4v) is 1.38. The van der Waals surface area contributed by atoms with Crippen LogP contribution in [-0.4, -0.2) is 42.9 Å². The smallest absolute Gasteiger partial charge is 0.379 e. The zero-order chi connectivity index (χ0) is 16.0. The van der Waals surface area contributed by atoms with Crippen molar-refractivity contribution in [2.24, 2.45) is 17.4 Å².